The van der Waals surface area contributed by atoms with Gasteiger partial charge >= 0.3 is 0 Å². The number of sulfonamides is 1. The van der Waals surface area contributed by atoms with Crippen molar-refractivity contribution in [3.05, 3.63) is 30.3 Å². The Labute approximate surface area is 123 Å². The van der Waals surface area contributed by atoms with Crippen molar-refractivity contribution in [1.82, 2.24) is 4.72 Å². The van der Waals surface area contributed by atoms with Gasteiger partial charge in [-0.15, -0.1) is 0 Å². The van der Waals surface area contributed by atoms with Gasteiger partial charge in [-0.1, -0.05) is 34.1 Å². The molecule has 3 saturated carbocycles. The monoisotopic (exact) mass is 343 g/mol. The van der Waals surface area contributed by atoms with E-state index in [0.29, 0.717) is 16.7 Å². The highest BCUT2D eigenvalue weighted by atomic mass is 79.9. The summed E-state index contributed by atoms with van der Waals surface area (Å²) in [4.78, 5) is 0.634. The van der Waals surface area contributed by atoms with Crippen LogP contribution in [0.2, 0.25) is 0 Å². The highest BCUT2D eigenvalue weighted by molar-refractivity contribution is 9.09. The van der Waals surface area contributed by atoms with Crippen LogP contribution in [0.1, 0.15) is 25.7 Å². The maximum atomic E-state index is 12.4. The van der Waals surface area contributed by atoms with E-state index in [0.717, 1.165) is 12.8 Å². The fraction of sp³-hybridized carbons (Fsp3) is 0.571. The van der Waals surface area contributed by atoms with E-state index in [2.05, 4.69) is 20.7 Å². The third-order valence-corrected chi connectivity index (χ3v) is 7.25. The second-order valence-electron chi connectivity index (χ2n) is 5.58. The SMILES string of the molecule is O=S(=O)(N[C@@H]1C2CCC(CC2)[C@H]1Br)c1ccccc1. The molecule has 104 valence electrons. The smallest absolute Gasteiger partial charge is 0.207 e. The summed E-state index contributed by atoms with van der Waals surface area (Å²) >= 11 is 3.71. The molecule has 0 heterocycles. The molecule has 0 radical (unpaired) electrons. The van der Waals surface area contributed by atoms with Gasteiger partial charge in [-0.3, -0.25) is 0 Å². The summed E-state index contributed by atoms with van der Waals surface area (Å²) in [6.45, 7) is 0. The van der Waals surface area contributed by atoms with Crippen LogP contribution in [-0.2, 0) is 10.0 Å². The average Bonchev–Trinajstić information content (AvgIpc) is 2.44. The number of nitrogens with one attached hydrogen (secondary N) is 1. The van der Waals surface area contributed by atoms with E-state index in [4.69, 9.17) is 0 Å². The lowest BCUT2D eigenvalue weighted by molar-refractivity contribution is 0.149. The Morgan fingerprint density at radius 3 is 2.16 bits per heavy atom. The van der Waals surface area contributed by atoms with Gasteiger partial charge in [-0.2, -0.15) is 0 Å². The first-order chi connectivity index (χ1) is 9.08. The molecule has 0 aromatic heterocycles. The second-order valence-corrected chi connectivity index (χ2v) is 8.35. The van der Waals surface area contributed by atoms with E-state index >= 15 is 0 Å². The Morgan fingerprint density at radius 1 is 1.00 bits per heavy atom. The Hall–Kier alpha value is -0.390. The summed E-state index contributed by atoms with van der Waals surface area (Å²) in [6, 6.07) is 8.67. The molecule has 3 fully saturated rings. The molecule has 3 nitrogen and oxygen atoms in total. The van der Waals surface area contributed by atoms with E-state index < -0.39 is 10.0 Å². The van der Waals surface area contributed by atoms with Gasteiger partial charge in [0.15, 0.2) is 0 Å². The second kappa shape index (κ2) is 5.19. The van der Waals surface area contributed by atoms with Gasteiger partial charge in [0, 0.05) is 10.9 Å². The average molecular weight is 344 g/mol. The van der Waals surface area contributed by atoms with Crippen LogP contribution in [0.25, 0.3) is 0 Å². The Balaban J connectivity index is 1.81. The summed E-state index contributed by atoms with van der Waals surface area (Å²) in [5, 5.41) is 0. The van der Waals surface area contributed by atoms with Crippen molar-refractivity contribution in [1.29, 1.82) is 0 Å². The van der Waals surface area contributed by atoms with Gasteiger partial charge in [-0.05, 0) is 49.7 Å². The summed E-state index contributed by atoms with van der Waals surface area (Å²) in [5.41, 5.74) is 0. The van der Waals surface area contributed by atoms with Crippen LogP contribution in [0.5, 0.6) is 0 Å². The molecule has 0 spiro atoms. The molecule has 1 aromatic carbocycles. The Bertz CT molecular complexity index is 536. The predicted molar refractivity (Wildman–Crippen MR) is 78.7 cm³/mol. The number of benzene rings is 1. The third-order valence-electron chi connectivity index (χ3n) is 4.46. The fourth-order valence-corrected chi connectivity index (χ4v) is 6.00. The zero-order chi connectivity index (χ0) is 13.5. The van der Waals surface area contributed by atoms with Gasteiger partial charge in [0.25, 0.3) is 0 Å². The molecule has 3 aliphatic rings. The van der Waals surface area contributed by atoms with Gasteiger partial charge in [0.05, 0.1) is 4.90 Å². The van der Waals surface area contributed by atoms with E-state index in [1.54, 1.807) is 24.3 Å². The van der Waals surface area contributed by atoms with E-state index in [1.807, 2.05) is 6.07 Å². The zero-order valence-corrected chi connectivity index (χ0v) is 13.0. The fourth-order valence-electron chi connectivity index (χ4n) is 3.38. The number of hydrogen-bond donors (Lipinski definition) is 1. The minimum atomic E-state index is -3.40. The molecule has 1 N–H and O–H groups in total. The number of rotatable bonds is 3. The van der Waals surface area contributed by atoms with Crippen LogP contribution >= 0.6 is 15.9 Å². The maximum absolute atomic E-state index is 12.4. The normalized spacial score (nSPS) is 34.4. The Kier molecular flexibility index (Phi) is 3.71. The van der Waals surface area contributed by atoms with Crippen LogP contribution < -0.4 is 4.72 Å². The molecule has 1 aromatic rings. The summed E-state index contributed by atoms with van der Waals surface area (Å²) in [7, 11) is -3.40. The number of fused-ring (bicyclic) bond motifs is 3. The summed E-state index contributed by atoms with van der Waals surface area (Å²) in [6.07, 6.45) is 4.75. The van der Waals surface area contributed by atoms with Crippen LogP contribution in [0.15, 0.2) is 35.2 Å². The molecule has 0 unspecified atom stereocenters. The van der Waals surface area contributed by atoms with E-state index in [9.17, 15) is 8.42 Å². The van der Waals surface area contributed by atoms with Crippen molar-refractivity contribution in [2.24, 2.45) is 11.8 Å². The van der Waals surface area contributed by atoms with Gasteiger partial charge < -0.3 is 0 Å². The molecule has 2 atom stereocenters. The molecule has 3 aliphatic carbocycles. The van der Waals surface area contributed by atoms with Gasteiger partial charge in [-0.25, -0.2) is 13.1 Å². The molecule has 0 saturated heterocycles. The van der Waals surface area contributed by atoms with Gasteiger partial charge in [0.1, 0.15) is 0 Å². The minimum absolute atomic E-state index is 0.0395. The number of hydrogen-bond acceptors (Lipinski definition) is 2. The number of alkyl halides is 1. The van der Waals surface area contributed by atoms with Crippen molar-refractivity contribution in [3.8, 4) is 0 Å². The summed E-state index contributed by atoms with van der Waals surface area (Å²) < 4.78 is 27.7. The highest BCUT2D eigenvalue weighted by Gasteiger charge is 2.43. The topological polar surface area (TPSA) is 46.2 Å². The van der Waals surface area contributed by atoms with Gasteiger partial charge in [0.2, 0.25) is 10.0 Å². The van der Waals surface area contributed by atoms with Crippen LogP contribution in [0, 0.1) is 11.8 Å². The lowest BCUT2D eigenvalue weighted by atomic mass is 9.68. The number of halogens is 1. The van der Waals surface area contributed by atoms with Crippen molar-refractivity contribution in [2.75, 3.05) is 0 Å². The van der Waals surface area contributed by atoms with E-state index in [1.165, 1.54) is 12.8 Å². The van der Waals surface area contributed by atoms with Crippen molar-refractivity contribution >= 4 is 26.0 Å². The molecular weight excluding hydrogens is 326 g/mol. The van der Waals surface area contributed by atoms with Crippen molar-refractivity contribution in [3.63, 3.8) is 0 Å². The largest absolute Gasteiger partial charge is 0.240 e. The third kappa shape index (κ3) is 2.60. The lowest BCUT2D eigenvalue weighted by Gasteiger charge is -2.46. The maximum Gasteiger partial charge on any atom is 0.240 e. The van der Waals surface area contributed by atoms with Crippen molar-refractivity contribution in [2.45, 2.75) is 41.4 Å². The highest BCUT2D eigenvalue weighted by Crippen LogP contribution is 2.45. The first-order valence-corrected chi connectivity index (χ1v) is 9.19. The molecule has 19 heavy (non-hydrogen) atoms. The van der Waals surface area contributed by atoms with Crippen molar-refractivity contribution < 1.29 is 8.42 Å². The lowest BCUT2D eigenvalue weighted by Crippen LogP contribution is -2.54. The van der Waals surface area contributed by atoms with Crippen LogP contribution in [0.3, 0.4) is 0 Å². The predicted octanol–water partition coefficient (Wildman–Crippen LogP) is 2.92. The molecular formula is C14H18BrNO2S. The molecule has 0 aliphatic heterocycles. The first-order valence-electron chi connectivity index (χ1n) is 6.79. The van der Waals surface area contributed by atoms with Crippen LogP contribution in [-0.4, -0.2) is 19.3 Å². The molecule has 4 rings (SSSR count). The minimum Gasteiger partial charge on any atom is -0.207 e. The molecule has 2 bridgehead atoms. The molecule has 5 heteroatoms. The molecule has 0 amide bonds. The summed E-state index contributed by atoms with van der Waals surface area (Å²) in [5.74, 6) is 1.10. The first kappa shape index (κ1) is 13.6. The standard InChI is InChI=1S/C14H18BrNO2S/c15-13-10-6-8-11(9-7-10)14(13)16-19(17,18)12-4-2-1-3-5-12/h1-5,10-11,13-14,16H,6-9H2/t10?,11?,13-,14-/m1/s1. The quantitative estimate of drug-likeness (QED) is 0.857. The van der Waals surface area contributed by atoms with Crippen LogP contribution in [0.4, 0.5) is 0 Å². The zero-order valence-electron chi connectivity index (χ0n) is 10.6. The Morgan fingerprint density at radius 2 is 1.58 bits per heavy atom. The van der Waals surface area contributed by atoms with E-state index in [-0.39, 0.29) is 10.9 Å².